The molecule has 1 heterocycles. The van der Waals surface area contributed by atoms with Gasteiger partial charge in [-0.2, -0.15) is 5.26 Å². The van der Waals surface area contributed by atoms with E-state index in [0.717, 1.165) is 0 Å². The Balaban J connectivity index is 2.60. The van der Waals surface area contributed by atoms with Crippen molar-refractivity contribution in [3.8, 4) is 6.07 Å². The van der Waals surface area contributed by atoms with Crippen molar-refractivity contribution in [1.82, 2.24) is 9.97 Å². The zero-order valence-electron chi connectivity index (χ0n) is 10.5. The number of ketones is 1. The van der Waals surface area contributed by atoms with Gasteiger partial charge in [0.1, 0.15) is 5.92 Å². The van der Waals surface area contributed by atoms with Gasteiger partial charge in [0.05, 0.1) is 18.0 Å². The minimum absolute atomic E-state index is 0.0153. The number of nitrogens with zero attached hydrogens (tertiary/aromatic N) is 3. The first kappa shape index (κ1) is 14.4. The monoisotopic (exact) mass is 260 g/mol. The van der Waals surface area contributed by atoms with Crippen molar-refractivity contribution in [1.29, 1.82) is 10.7 Å². The molecule has 7 heteroatoms. The number of hydrogen-bond acceptors (Lipinski definition) is 7. The summed E-state index contributed by atoms with van der Waals surface area (Å²) >= 11 is 0. The van der Waals surface area contributed by atoms with Gasteiger partial charge in [-0.15, -0.1) is 0 Å². The van der Waals surface area contributed by atoms with Crippen molar-refractivity contribution in [3.05, 3.63) is 23.8 Å². The van der Waals surface area contributed by atoms with Crippen molar-refractivity contribution < 1.29 is 14.3 Å². The number of aryl methyl sites for hydroxylation is 1. The fourth-order valence-electron chi connectivity index (χ4n) is 1.20. The van der Waals surface area contributed by atoms with E-state index in [-0.39, 0.29) is 11.4 Å². The molecule has 0 saturated heterocycles. The molecule has 0 aromatic carbocycles. The molecular weight excluding hydrogens is 248 g/mol. The van der Waals surface area contributed by atoms with E-state index in [9.17, 15) is 9.59 Å². The number of carbonyl (C=O) groups is 2. The molecule has 1 N–H and O–H groups in total. The zero-order chi connectivity index (χ0) is 14.4. The van der Waals surface area contributed by atoms with Crippen LogP contribution in [0, 0.1) is 29.6 Å². The minimum Gasteiger partial charge on any atom is -0.453 e. The molecule has 0 spiro atoms. The fourth-order valence-corrected chi connectivity index (χ4v) is 1.20. The van der Waals surface area contributed by atoms with Gasteiger partial charge in [0.2, 0.25) is 0 Å². The fraction of sp³-hybridized carbons (Fsp3) is 0.333. The lowest BCUT2D eigenvalue weighted by Crippen LogP contribution is -2.25. The van der Waals surface area contributed by atoms with E-state index in [1.54, 1.807) is 13.0 Å². The van der Waals surface area contributed by atoms with Crippen LogP contribution in [0.25, 0.3) is 0 Å². The van der Waals surface area contributed by atoms with E-state index in [1.807, 2.05) is 0 Å². The standard InChI is InChI=1S/C12H12N4O3/c1-7-4-16-10(5-15-7)12(18)19-6-11(17)9(3-13)8(2)14/h4-5,9,14H,6H2,1-2H3/t9-/m0/s1. The highest BCUT2D eigenvalue weighted by molar-refractivity contribution is 6.06. The second-order valence-electron chi connectivity index (χ2n) is 3.83. The molecule has 0 radical (unpaired) electrons. The summed E-state index contributed by atoms with van der Waals surface area (Å²) in [5.74, 6) is -2.61. The average molecular weight is 260 g/mol. The Kier molecular flexibility index (Phi) is 4.83. The lowest BCUT2D eigenvalue weighted by molar-refractivity contribution is -0.122. The van der Waals surface area contributed by atoms with Gasteiger partial charge in [-0.3, -0.25) is 9.78 Å². The molecule has 0 amide bonds. The predicted octanol–water partition coefficient (Wildman–Crippen LogP) is 0.690. The largest absolute Gasteiger partial charge is 0.453 e. The van der Waals surface area contributed by atoms with Crippen LogP contribution in [0.15, 0.2) is 12.4 Å². The van der Waals surface area contributed by atoms with Crippen molar-refractivity contribution in [3.63, 3.8) is 0 Å². The number of Topliss-reactive ketones (excluding diaryl/α,β-unsaturated/α-hetero) is 1. The van der Waals surface area contributed by atoms with Gasteiger partial charge in [0, 0.05) is 11.9 Å². The highest BCUT2D eigenvalue weighted by Crippen LogP contribution is 2.02. The van der Waals surface area contributed by atoms with Crippen molar-refractivity contribution in [2.24, 2.45) is 5.92 Å². The maximum absolute atomic E-state index is 11.5. The van der Waals surface area contributed by atoms with E-state index in [4.69, 9.17) is 15.4 Å². The van der Waals surface area contributed by atoms with E-state index in [2.05, 4.69) is 9.97 Å². The second kappa shape index (κ2) is 6.35. The summed E-state index contributed by atoms with van der Waals surface area (Å²) in [6, 6.07) is 1.68. The van der Waals surface area contributed by atoms with Gasteiger partial charge in [-0.25, -0.2) is 9.78 Å². The number of aromatic nitrogens is 2. The van der Waals surface area contributed by atoms with Crippen LogP contribution in [0.4, 0.5) is 0 Å². The third kappa shape index (κ3) is 3.96. The first-order valence-electron chi connectivity index (χ1n) is 5.39. The smallest absolute Gasteiger partial charge is 0.358 e. The summed E-state index contributed by atoms with van der Waals surface area (Å²) < 4.78 is 4.72. The molecule has 0 aliphatic rings. The van der Waals surface area contributed by atoms with Crippen LogP contribution in [-0.2, 0) is 9.53 Å². The summed E-state index contributed by atoms with van der Waals surface area (Å²) in [7, 11) is 0. The van der Waals surface area contributed by atoms with Gasteiger partial charge < -0.3 is 10.1 Å². The molecule has 19 heavy (non-hydrogen) atoms. The van der Waals surface area contributed by atoms with E-state index in [0.29, 0.717) is 5.69 Å². The highest BCUT2D eigenvalue weighted by atomic mass is 16.5. The normalized spacial score (nSPS) is 11.2. The van der Waals surface area contributed by atoms with Crippen LogP contribution in [0.2, 0.25) is 0 Å². The third-order valence-corrected chi connectivity index (χ3v) is 2.22. The molecule has 0 aliphatic carbocycles. The summed E-state index contributed by atoms with van der Waals surface area (Å²) in [6.07, 6.45) is 2.64. The molecule has 1 aromatic rings. The number of ether oxygens (including phenoxy) is 1. The van der Waals surface area contributed by atoms with Crippen LogP contribution in [0.5, 0.6) is 0 Å². The Morgan fingerprint density at radius 3 is 2.63 bits per heavy atom. The number of nitriles is 1. The molecular formula is C12H12N4O3. The Morgan fingerprint density at radius 1 is 1.47 bits per heavy atom. The Bertz CT molecular complexity index is 545. The molecule has 1 rings (SSSR count). The van der Waals surface area contributed by atoms with Gasteiger partial charge >= 0.3 is 5.97 Å². The molecule has 1 atom stereocenters. The SMILES string of the molecule is CC(=N)[C@H](C#N)C(=O)COC(=O)c1cnc(C)cn1. The maximum atomic E-state index is 11.5. The highest BCUT2D eigenvalue weighted by Gasteiger charge is 2.22. The van der Waals surface area contributed by atoms with Crippen molar-refractivity contribution in [2.45, 2.75) is 13.8 Å². The molecule has 0 fully saturated rings. The lowest BCUT2D eigenvalue weighted by atomic mass is 10.0. The molecule has 0 unspecified atom stereocenters. The molecule has 0 aliphatic heterocycles. The maximum Gasteiger partial charge on any atom is 0.358 e. The topological polar surface area (TPSA) is 117 Å². The molecule has 1 aromatic heterocycles. The molecule has 7 nitrogen and oxygen atoms in total. The van der Waals surface area contributed by atoms with Crippen LogP contribution in [0.1, 0.15) is 23.1 Å². The minimum atomic E-state index is -1.18. The first-order valence-corrected chi connectivity index (χ1v) is 5.39. The van der Waals surface area contributed by atoms with Crippen molar-refractivity contribution >= 4 is 17.5 Å². The summed E-state index contributed by atoms with van der Waals surface area (Å²) in [6.45, 7) is 2.50. The molecule has 0 saturated carbocycles. The Morgan fingerprint density at radius 2 is 2.16 bits per heavy atom. The van der Waals surface area contributed by atoms with E-state index < -0.39 is 24.3 Å². The van der Waals surface area contributed by atoms with E-state index in [1.165, 1.54) is 19.3 Å². The molecule has 0 bridgehead atoms. The number of esters is 1. The Labute approximate surface area is 109 Å². The summed E-state index contributed by atoms with van der Waals surface area (Å²) in [4.78, 5) is 30.7. The number of rotatable bonds is 5. The predicted molar refractivity (Wildman–Crippen MR) is 64.6 cm³/mol. The van der Waals surface area contributed by atoms with Gasteiger partial charge in [-0.05, 0) is 13.8 Å². The van der Waals surface area contributed by atoms with Crippen LogP contribution < -0.4 is 0 Å². The van der Waals surface area contributed by atoms with Gasteiger partial charge in [0.25, 0.3) is 0 Å². The lowest BCUT2D eigenvalue weighted by Gasteiger charge is -2.07. The number of nitrogens with one attached hydrogen (secondary N) is 1. The van der Waals surface area contributed by atoms with Gasteiger partial charge in [-0.1, -0.05) is 0 Å². The summed E-state index contributed by atoms with van der Waals surface area (Å²) in [5, 5.41) is 16.0. The van der Waals surface area contributed by atoms with Crippen LogP contribution in [0.3, 0.4) is 0 Å². The number of carbonyl (C=O) groups excluding carboxylic acids is 2. The van der Waals surface area contributed by atoms with Crippen LogP contribution in [-0.4, -0.2) is 34.0 Å². The van der Waals surface area contributed by atoms with Crippen molar-refractivity contribution in [2.75, 3.05) is 6.61 Å². The second-order valence-corrected chi connectivity index (χ2v) is 3.83. The third-order valence-electron chi connectivity index (χ3n) is 2.22. The summed E-state index contributed by atoms with van der Waals surface area (Å²) in [5.41, 5.74) is 0.550. The Hall–Kier alpha value is -2.62. The average Bonchev–Trinajstić information content (AvgIpc) is 2.37. The van der Waals surface area contributed by atoms with Gasteiger partial charge in [0.15, 0.2) is 18.1 Å². The zero-order valence-corrected chi connectivity index (χ0v) is 10.5. The first-order chi connectivity index (χ1) is 8.95. The van der Waals surface area contributed by atoms with Crippen LogP contribution >= 0.6 is 0 Å². The quantitative estimate of drug-likeness (QED) is 0.614. The molecule has 98 valence electrons. The van der Waals surface area contributed by atoms with E-state index >= 15 is 0 Å². The number of hydrogen-bond donors (Lipinski definition) is 1.